The van der Waals surface area contributed by atoms with E-state index in [1.54, 1.807) is 48.4 Å². The molecule has 0 saturated carbocycles. The lowest BCUT2D eigenvalue weighted by atomic mass is 9.89. The Labute approximate surface area is 171 Å². The van der Waals surface area contributed by atoms with Crippen molar-refractivity contribution in [2.75, 3.05) is 0 Å². The van der Waals surface area contributed by atoms with Gasteiger partial charge >= 0.3 is 6.01 Å². The number of phenolic OH excluding ortho intramolecular Hbond substituents is 1. The number of ether oxygens (including phenoxy) is 1. The summed E-state index contributed by atoms with van der Waals surface area (Å²) in [6.45, 7) is 1.73. The molecule has 30 heavy (non-hydrogen) atoms. The first kappa shape index (κ1) is 18.9. The van der Waals surface area contributed by atoms with E-state index in [2.05, 4.69) is 25.5 Å². The van der Waals surface area contributed by atoms with Crippen molar-refractivity contribution < 1.29 is 18.6 Å². The molecule has 2 saturated heterocycles. The van der Waals surface area contributed by atoms with Gasteiger partial charge in [-0.3, -0.25) is 0 Å². The molecule has 1 aromatic carbocycles. The van der Waals surface area contributed by atoms with Crippen LogP contribution in [0.25, 0.3) is 16.9 Å². The van der Waals surface area contributed by atoms with Gasteiger partial charge in [0.15, 0.2) is 6.17 Å². The zero-order chi connectivity index (χ0) is 20.9. The van der Waals surface area contributed by atoms with Crippen LogP contribution in [0.2, 0.25) is 0 Å². The number of benzene rings is 1. The summed E-state index contributed by atoms with van der Waals surface area (Å²) in [5, 5.41) is 21.4. The van der Waals surface area contributed by atoms with Crippen molar-refractivity contribution in [1.29, 1.82) is 0 Å². The first-order chi connectivity index (χ1) is 14.4. The largest absolute Gasteiger partial charge is 0.507 e. The molecule has 0 radical (unpaired) electrons. The van der Waals surface area contributed by atoms with E-state index in [1.807, 2.05) is 0 Å². The third-order valence-corrected chi connectivity index (χ3v) is 5.89. The van der Waals surface area contributed by atoms with Gasteiger partial charge in [0, 0.05) is 36.5 Å². The molecule has 8 nitrogen and oxygen atoms in total. The van der Waals surface area contributed by atoms with Gasteiger partial charge in [-0.2, -0.15) is 0 Å². The number of imidazole rings is 1. The highest BCUT2D eigenvalue weighted by molar-refractivity contribution is 5.67. The average Bonchev–Trinajstić information content (AvgIpc) is 3.34. The highest BCUT2D eigenvalue weighted by Gasteiger charge is 2.55. The Bertz CT molecular complexity index is 1050. The fourth-order valence-corrected chi connectivity index (χ4v) is 4.24. The maximum absolute atomic E-state index is 14.7. The number of halogens is 2. The fraction of sp³-hybridized carbons (Fsp3) is 0.400. The predicted molar refractivity (Wildman–Crippen MR) is 103 cm³/mol. The van der Waals surface area contributed by atoms with Gasteiger partial charge in [0.2, 0.25) is 0 Å². The summed E-state index contributed by atoms with van der Waals surface area (Å²) in [6, 6.07) is 4.41. The lowest BCUT2D eigenvalue weighted by Crippen LogP contribution is -2.58. The average molecular weight is 414 g/mol. The summed E-state index contributed by atoms with van der Waals surface area (Å²) in [5.74, 6) is 0.00614. The minimum Gasteiger partial charge on any atom is -0.507 e. The Morgan fingerprint density at radius 2 is 2.17 bits per heavy atom. The Hall–Kier alpha value is -3.14. The highest BCUT2D eigenvalue weighted by atomic mass is 19.1. The molecule has 2 N–H and O–H groups in total. The summed E-state index contributed by atoms with van der Waals surface area (Å²) in [5.41, 5.74) is 0.717. The monoisotopic (exact) mass is 414 g/mol. The number of alkyl halides is 2. The molecule has 5 atom stereocenters. The second-order valence-corrected chi connectivity index (χ2v) is 7.97. The topological polar surface area (TPSA) is 98.0 Å². The van der Waals surface area contributed by atoms with E-state index in [-0.39, 0.29) is 24.6 Å². The Balaban J connectivity index is 1.33. The van der Waals surface area contributed by atoms with Gasteiger partial charge in [-0.05, 0) is 25.5 Å². The van der Waals surface area contributed by atoms with Crippen LogP contribution in [0.3, 0.4) is 0 Å². The molecule has 2 aliphatic rings. The number of fused-ring (bicyclic) bond motifs is 2. The second-order valence-electron chi connectivity index (χ2n) is 7.97. The van der Waals surface area contributed by atoms with Crippen molar-refractivity contribution in [1.82, 2.24) is 30.0 Å². The van der Waals surface area contributed by atoms with Gasteiger partial charge < -0.3 is 19.7 Å². The van der Waals surface area contributed by atoms with Crippen LogP contribution in [0.4, 0.5) is 8.78 Å². The molecular formula is C20H20F2N6O2. The maximum atomic E-state index is 14.7. The standard InChI is InChI=1S/C20H20F2N6O2/c1-20-8-16(18(22)13(25-20)7-17(20)21)30-19-24-9-14(26-27-19)12-3-2-11(6-15(12)29)28-5-4-23-10-28/h2-6,9-10,13,16-18,25,29H,7-8H2,1H3/t13-,16+,17-,18+,20-/m0/s1. The minimum absolute atomic E-state index is 0.00614. The molecule has 2 bridgehead atoms. The van der Waals surface area contributed by atoms with Gasteiger partial charge in [0.1, 0.15) is 23.7 Å². The third-order valence-electron chi connectivity index (χ3n) is 5.89. The van der Waals surface area contributed by atoms with Crippen molar-refractivity contribution in [3.05, 3.63) is 43.1 Å². The predicted octanol–water partition coefficient (Wildman–Crippen LogP) is 2.38. The minimum atomic E-state index is -1.36. The van der Waals surface area contributed by atoms with Crippen LogP contribution in [0.1, 0.15) is 19.8 Å². The van der Waals surface area contributed by atoms with Crippen molar-refractivity contribution >= 4 is 0 Å². The molecule has 2 aromatic heterocycles. The van der Waals surface area contributed by atoms with E-state index in [1.165, 1.54) is 6.20 Å². The fourth-order valence-electron chi connectivity index (χ4n) is 4.24. The number of phenols is 1. The number of aromatic nitrogens is 5. The van der Waals surface area contributed by atoms with E-state index in [9.17, 15) is 13.9 Å². The Kier molecular flexibility index (Phi) is 4.39. The van der Waals surface area contributed by atoms with E-state index < -0.39 is 30.0 Å². The van der Waals surface area contributed by atoms with E-state index in [4.69, 9.17) is 4.74 Å². The maximum Gasteiger partial charge on any atom is 0.336 e. The third kappa shape index (κ3) is 3.17. The van der Waals surface area contributed by atoms with Crippen molar-refractivity contribution in [3.63, 3.8) is 0 Å². The van der Waals surface area contributed by atoms with Crippen LogP contribution >= 0.6 is 0 Å². The molecule has 0 aliphatic carbocycles. The van der Waals surface area contributed by atoms with Gasteiger partial charge in [-0.25, -0.2) is 18.7 Å². The summed E-state index contributed by atoms with van der Waals surface area (Å²) in [4.78, 5) is 8.08. The molecule has 0 unspecified atom stereocenters. The Morgan fingerprint density at radius 3 is 2.87 bits per heavy atom. The lowest BCUT2D eigenvalue weighted by molar-refractivity contribution is 0.0138. The van der Waals surface area contributed by atoms with Gasteiger partial charge in [-0.1, -0.05) is 5.10 Å². The normalized spacial score (nSPS) is 30.4. The molecule has 4 heterocycles. The first-order valence-corrected chi connectivity index (χ1v) is 9.67. The number of hydrogen-bond acceptors (Lipinski definition) is 7. The molecule has 5 rings (SSSR count). The van der Waals surface area contributed by atoms with Gasteiger partial charge in [-0.15, -0.1) is 5.10 Å². The molecule has 2 fully saturated rings. The number of nitrogens with zero attached hydrogens (tertiary/aromatic N) is 5. The quantitative estimate of drug-likeness (QED) is 0.676. The smallest absolute Gasteiger partial charge is 0.336 e. The van der Waals surface area contributed by atoms with Crippen molar-refractivity contribution in [2.45, 2.75) is 49.8 Å². The Morgan fingerprint density at radius 1 is 1.30 bits per heavy atom. The van der Waals surface area contributed by atoms with E-state index in [0.717, 1.165) is 5.69 Å². The molecule has 156 valence electrons. The van der Waals surface area contributed by atoms with Crippen molar-refractivity contribution in [3.8, 4) is 28.7 Å². The van der Waals surface area contributed by atoms with Gasteiger partial charge in [0.05, 0.1) is 23.8 Å². The molecular weight excluding hydrogens is 394 g/mol. The number of rotatable bonds is 4. The molecule has 10 heteroatoms. The number of piperidine rings is 1. The molecule has 0 spiro atoms. The molecule has 2 aliphatic heterocycles. The second kappa shape index (κ2) is 6.98. The van der Waals surface area contributed by atoms with Crippen LogP contribution in [0.5, 0.6) is 11.8 Å². The van der Waals surface area contributed by atoms with E-state index in [0.29, 0.717) is 11.3 Å². The van der Waals surface area contributed by atoms with Crippen LogP contribution in [0, 0.1) is 0 Å². The number of hydrogen-bond donors (Lipinski definition) is 2. The zero-order valence-corrected chi connectivity index (χ0v) is 16.1. The zero-order valence-electron chi connectivity index (χ0n) is 16.1. The van der Waals surface area contributed by atoms with Crippen molar-refractivity contribution in [2.24, 2.45) is 0 Å². The number of nitrogens with one attached hydrogen (secondary N) is 1. The van der Waals surface area contributed by atoms with Gasteiger partial charge in [0.25, 0.3) is 0 Å². The van der Waals surface area contributed by atoms with Crippen LogP contribution < -0.4 is 10.1 Å². The molecule has 0 amide bonds. The summed E-state index contributed by atoms with van der Waals surface area (Å²) >= 11 is 0. The SMILES string of the molecule is C[C@]12C[C@@H](Oc3ncc(-c4ccc(-n5ccnc5)cc4O)nn3)[C@H](F)[C@H](C[C@@H]1F)N2. The van der Waals surface area contributed by atoms with Crippen LogP contribution in [-0.2, 0) is 0 Å². The first-order valence-electron chi connectivity index (χ1n) is 9.67. The highest BCUT2D eigenvalue weighted by Crippen LogP contribution is 2.40. The summed E-state index contributed by atoms with van der Waals surface area (Å²) in [7, 11) is 0. The number of aromatic hydroxyl groups is 1. The van der Waals surface area contributed by atoms with Crippen LogP contribution in [-0.4, -0.2) is 59.9 Å². The summed E-state index contributed by atoms with van der Waals surface area (Å²) < 4.78 is 36.2. The summed E-state index contributed by atoms with van der Waals surface area (Å²) in [6.07, 6.45) is 3.40. The van der Waals surface area contributed by atoms with Crippen LogP contribution in [0.15, 0.2) is 43.1 Å². The van der Waals surface area contributed by atoms with E-state index >= 15 is 0 Å². The lowest BCUT2D eigenvalue weighted by Gasteiger charge is -2.38. The molecule has 3 aromatic rings.